The molecule has 0 radical (unpaired) electrons. The molecule has 180 valence electrons. The van der Waals surface area contributed by atoms with Crippen molar-refractivity contribution in [1.82, 2.24) is 15.3 Å². The maximum Gasteiger partial charge on any atom is 0.255 e. The normalized spacial score (nSPS) is 17.8. The number of benzene rings is 2. The molecule has 1 amide bonds. The Bertz CT molecular complexity index is 1140. The number of amides is 1. The molecule has 1 saturated carbocycles. The zero-order valence-corrected chi connectivity index (χ0v) is 20.3. The Labute approximate surface area is 200 Å². The van der Waals surface area contributed by atoms with Crippen molar-refractivity contribution >= 4 is 28.6 Å². The van der Waals surface area contributed by atoms with Crippen LogP contribution in [0.5, 0.6) is 11.5 Å². The second kappa shape index (κ2) is 10.6. The molecule has 2 aromatic carbocycles. The number of hydrogen-bond acceptors (Lipinski definition) is 7. The topological polar surface area (TPSA) is 88.6 Å². The third-order valence-corrected chi connectivity index (χ3v) is 6.39. The number of hydrogen-bond donors (Lipinski definition) is 2. The van der Waals surface area contributed by atoms with E-state index in [1.807, 2.05) is 37.2 Å². The molecule has 0 spiro atoms. The van der Waals surface area contributed by atoms with Gasteiger partial charge in [-0.2, -0.15) is 4.98 Å². The summed E-state index contributed by atoms with van der Waals surface area (Å²) in [7, 11) is 7.15. The molecule has 0 bridgehead atoms. The highest BCUT2D eigenvalue weighted by molar-refractivity contribution is 5.97. The molecule has 1 heterocycles. The van der Waals surface area contributed by atoms with Crippen molar-refractivity contribution in [2.75, 3.05) is 45.1 Å². The van der Waals surface area contributed by atoms with Crippen molar-refractivity contribution in [1.29, 1.82) is 0 Å². The predicted molar refractivity (Wildman–Crippen MR) is 135 cm³/mol. The van der Waals surface area contributed by atoms with Crippen LogP contribution >= 0.6 is 0 Å². The fraction of sp³-hybridized carbons (Fsp3) is 0.423. The number of nitrogens with zero attached hydrogens (tertiary/aromatic N) is 3. The molecule has 8 nitrogen and oxygen atoms in total. The highest BCUT2D eigenvalue weighted by atomic mass is 16.5. The van der Waals surface area contributed by atoms with E-state index in [2.05, 4.69) is 16.7 Å². The largest absolute Gasteiger partial charge is 0.497 e. The first kappa shape index (κ1) is 23.6. The highest BCUT2D eigenvalue weighted by Gasteiger charge is 2.23. The predicted octanol–water partition coefficient (Wildman–Crippen LogP) is 4.11. The van der Waals surface area contributed by atoms with Gasteiger partial charge in [0.25, 0.3) is 5.91 Å². The number of rotatable bonds is 8. The van der Waals surface area contributed by atoms with Gasteiger partial charge in [-0.05, 0) is 61.9 Å². The molecule has 0 atom stereocenters. The molecule has 0 aliphatic heterocycles. The number of para-hydroxylation sites is 1. The summed E-state index contributed by atoms with van der Waals surface area (Å²) >= 11 is 0. The van der Waals surface area contributed by atoms with E-state index in [9.17, 15) is 4.79 Å². The number of ether oxygens (including phenoxy) is 2. The molecular weight excluding hydrogens is 430 g/mol. The molecule has 0 saturated heterocycles. The van der Waals surface area contributed by atoms with Gasteiger partial charge in [0, 0.05) is 32.1 Å². The average molecular weight is 464 g/mol. The summed E-state index contributed by atoms with van der Waals surface area (Å²) < 4.78 is 10.6. The minimum atomic E-state index is -0.142. The molecule has 2 N–H and O–H groups in total. The lowest BCUT2D eigenvalue weighted by molar-refractivity contribution is 0.0940. The maximum absolute atomic E-state index is 12.8. The Kier molecular flexibility index (Phi) is 7.35. The quantitative estimate of drug-likeness (QED) is 0.520. The molecule has 1 fully saturated rings. The van der Waals surface area contributed by atoms with Crippen LogP contribution in [0.3, 0.4) is 0 Å². The highest BCUT2D eigenvalue weighted by Crippen LogP contribution is 2.29. The standard InChI is InChI=1S/C26H33N5O3/c1-31(2)24-20-7-5-6-8-22(20)29-26(30-24)28-18-11-9-17(10-12-18)16-27-25(32)21-15-19(33-3)13-14-23(21)34-4/h5-8,13-15,17-18H,9-12,16H2,1-4H3,(H,27,32)(H,28,29,30)/t17-,18+. The molecule has 3 aromatic rings. The van der Waals surface area contributed by atoms with Gasteiger partial charge in [0.2, 0.25) is 5.95 Å². The van der Waals surface area contributed by atoms with Gasteiger partial charge >= 0.3 is 0 Å². The molecule has 0 unspecified atom stereocenters. The summed E-state index contributed by atoms with van der Waals surface area (Å²) in [5.74, 6) is 3.05. The summed E-state index contributed by atoms with van der Waals surface area (Å²) in [6, 6.07) is 13.6. The van der Waals surface area contributed by atoms with Crippen LogP contribution in [0.25, 0.3) is 10.9 Å². The van der Waals surface area contributed by atoms with Crippen molar-refractivity contribution in [3.63, 3.8) is 0 Å². The Balaban J connectivity index is 1.32. The molecular formula is C26H33N5O3. The van der Waals surface area contributed by atoms with Crippen molar-refractivity contribution in [2.45, 2.75) is 31.7 Å². The van der Waals surface area contributed by atoms with Crippen molar-refractivity contribution < 1.29 is 14.3 Å². The lowest BCUT2D eigenvalue weighted by Crippen LogP contribution is -2.34. The van der Waals surface area contributed by atoms with E-state index in [0.717, 1.165) is 42.4 Å². The first-order valence-electron chi connectivity index (χ1n) is 11.7. The van der Waals surface area contributed by atoms with Gasteiger partial charge in [-0.25, -0.2) is 4.98 Å². The van der Waals surface area contributed by atoms with Crippen LogP contribution in [-0.2, 0) is 0 Å². The van der Waals surface area contributed by atoms with E-state index < -0.39 is 0 Å². The van der Waals surface area contributed by atoms with Crippen LogP contribution in [0.15, 0.2) is 42.5 Å². The van der Waals surface area contributed by atoms with Crippen LogP contribution in [0, 0.1) is 5.92 Å². The number of fused-ring (bicyclic) bond motifs is 1. The van der Waals surface area contributed by atoms with Crippen LogP contribution < -0.4 is 25.0 Å². The van der Waals surface area contributed by atoms with E-state index in [1.165, 1.54) is 0 Å². The summed E-state index contributed by atoms with van der Waals surface area (Å²) in [5, 5.41) is 7.66. The summed E-state index contributed by atoms with van der Waals surface area (Å²) in [6.45, 7) is 0.642. The lowest BCUT2D eigenvalue weighted by Gasteiger charge is -2.29. The second-order valence-corrected chi connectivity index (χ2v) is 8.92. The summed E-state index contributed by atoms with van der Waals surface area (Å²) in [4.78, 5) is 24.3. The van der Waals surface area contributed by atoms with Gasteiger partial charge in [0.1, 0.15) is 17.3 Å². The number of nitrogens with one attached hydrogen (secondary N) is 2. The zero-order chi connectivity index (χ0) is 24.1. The molecule has 1 aromatic heterocycles. The Morgan fingerprint density at radius 2 is 1.79 bits per heavy atom. The van der Waals surface area contributed by atoms with E-state index in [1.54, 1.807) is 32.4 Å². The molecule has 4 rings (SSSR count). The number of anilines is 2. The summed E-state index contributed by atoms with van der Waals surface area (Å²) in [5.41, 5.74) is 1.43. The Morgan fingerprint density at radius 1 is 1.03 bits per heavy atom. The van der Waals surface area contributed by atoms with Crippen molar-refractivity contribution in [3.8, 4) is 11.5 Å². The van der Waals surface area contributed by atoms with Gasteiger partial charge in [0.15, 0.2) is 0 Å². The maximum atomic E-state index is 12.8. The zero-order valence-electron chi connectivity index (χ0n) is 20.3. The number of carbonyl (C=O) groups is 1. The van der Waals surface area contributed by atoms with Crippen LogP contribution in [0.4, 0.5) is 11.8 Å². The van der Waals surface area contributed by atoms with Gasteiger partial charge in [0.05, 0.1) is 25.3 Å². The monoisotopic (exact) mass is 463 g/mol. The van der Waals surface area contributed by atoms with Crippen LogP contribution in [-0.4, -0.2) is 56.8 Å². The van der Waals surface area contributed by atoms with Crippen molar-refractivity contribution in [2.24, 2.45) is 5.92 Å². The van der Waals surface area contributed by atoms with Crippen LogP contribution in [0.1, 0.15) is 36.0 Å². The van der Waals surface area contributed by atoms with E-state index in [4.69, 9.17) is 19.4 Å². The van der Waals surface area contributed by atoms with E-state index in [-0.39, 0.29) is 5.91 Å². The van der Waals surface area contributed by atoms with E-state index >= 15 is 0 Å². The fourth-order valence-electron chi connectivity index (χ4n) is 4.48. The van der Waals surface area contributed by atoms with Gasteiger partial charge in [-0.1, -0.05) is 12.1 Å². The van der Waals surface area contributed by atoms with Crippen LogP contribution in [0.2, 0.25) is 0 Å². The molecule has 1 aliphatic carbocycles. The minimum absolute atomic E-state index is 0.142. The molecule has 34 heavy (non-hydrogen) atoms. The Morgan fingerprint density at radius 3 is 2.50 bits per heavy atom. The minimum Gasteiger partial charge on any atom is -0.497 e. The van der Waals surface area contributed by atoms with Gasteiger partial charge in [-0.15, -0.1) is 0 Å². The Hall–Kier alpha value is -3.55. The molecule has 1 aliphatic rings. The number of methoxy groups -OCH3 is 2. The number of carbonyl (C=O) groups excluding carboxylic acids is 1. The first-order valence-corrected chi connectivity index (χ1v) is 11.7. The van der Waals surface area contributed by atoms with Gasteiger partial charge < -0.3 is 25.0 Å². The number of aromatic nitrogens is 2. The fourth-order valence-corrected chi connectivity index (χ4v) is 4.48. The third kappa shape index (κ3) is 5.32. The van der Waals surface area contributed by atoms with E-state index in [0.29, 0.717) is 41.5 Å². The smallest absolute Gasteiger partial charge is 0.255 e. The lowest BCUT2D eigenvalue weighted by atomic mass is 9.86. The third-order valence-electron chi connectivity index (χ3n) is 6.39. The average Bonchev–Trinajstić information content (AvgIpc) is 2.87. The molecule has 8 heteroatoms. The van der Waals surface area contributed by atoms with Gasteiger partial charge in [-0.3, -0.25) is 4.79 Å². The second-order valence-electron chi connectivity index (χ2n) is 8.92. The first-order chi connectivity index (χ1) is 16.5. The summed E-state index contributed by atoms with van der Waals surface area (Å²) in [6.07, 6.45) is 4.08. The van der Waals surface area contributed by atoms with Crippen molar-refractivity contribution in [3.05, 3.63) is 48.0 Å². The SMILES string of the molecule is COc1ccc(OC)c(C(=O)NC[C@H]2CC[C@@H](Nc3nc(N(C)C)c4ccccc4n3)CC2)c1.